The van der Waals surface area contributed by atoms with Crippen molar-refractivity contribution in [2.45, 2.75) is 25.4 Å². The predicted molar refractivity (Wildman–Crippen MR) is 128 cm³/mol. The van der Waals surface area contributed by atoms with Crippen molar-refractivity contribution in [1.29, 1.82) is 0 Å². The van der Waals surface area contributed by atoms with Gasteiger partial charge in [0.15, 0.2) is 0 Å². The molecule has 1 aliphatic heterocycles. The van der Waals surface area contributed by atoms with E-state index in [4.69, 9.17) is 0 Å². The van der Waals surface area contributed by atoms with Gasteiger partial charge in [-0.15, -0.1) is 0 Å². The van der Waals surface area contributed by atoms with Gasteiger partial charge in [0.05, 0.1) is 18.5 Å². The number of hydrogen-bond acceptors (Lipinski definition) is 3. The maximum Gasteiger partial charge on any atom is 0.0862 e. The highest BCUT2D eigenvalue weighted by atomic mass is 15.3. The van der Waals surface area contributed by atoms with Crippen LogP contribution < -0.4 is 16.0 Å². The molecule has 5 rings (SSSR count). The summed E-state index contributed by atoms with van der Waals surface area (Å²) in [4.78, 5) is 0. The number of hydrogen-bond donors (Lipinski definition) is 3. The summed E-state index contributed by atoms with van der Waals surface area (Å²) >= 11 is 0. The molecule has 4 aromatic rings. The molecule has 154 valence electrons. The Morgan fingerprint density at radius 2 is 0.871 bits per heavy atom. The second-order valence-corrected chi connectivity index (χ2v) is 8.07. The van der Waals surface area contributed by atoms with Gasteiger partial charge in [-0.25, -0.2) is 0 Å². The van der Waals surface area contributed by atoms with Crippen molar-refractivity contribution >= 4 is 0 Å². The van der Waals surface area contributed by atoms with Crippen LogP contribution in [0.1, 0.15) is 30.4 Å². The van der Waals surface area contributed by atoms with Gasteiger partial charge in [-0.05, 0) is 52.4 Å². The molecule has 0 aliphatic carbocycles. The van der Waals surface area contributed by atoms with Crippen LogP contribution in [0.3, 0.4) is 0 Å². The highest BCUT2D eigenvalue weighted by Crippen LogP contribution is 2.28. The summed E-state index contributed by atoms with van der Waals surface area (Å²) in [7, 11) is 0. The van der Waals surface area contributed by atoms with Crippen LogP contribution in [0.5, 0.6) is 0 Å². The monoisotopic (exact) mass is 405 g/mol. The van der Waals surface area contributed by atoms with Gasteiger partial charge in [-0.3, -0.25) is 16.0 Å². The summed E-state index contributed by atoms with van der Waals surface area (Å²) < 4.78 is 0. The molecule has 1 heterocycles. The smallest absolute Gasteiger partial charge is 0.0862 e. The molecular formula is C28H27N3. The fraction of sp³-hybridized carbons (Fsp3) is 0.143. The summed E-state index contributed by atoms with van der Waals surface area (Å²) in [5.74, 6) is 0. The average Bonchev–Trinajstić information content (AvgIpc) is 2.85. The predicted octanol–water partition coefficient (Wildman–Crippen LogP) is 5.85. The second-order valence-electron chi connectivity index (χ2n) is 8.07. The summed E-state index contributed by atoms with van der Waals surface area (Å²) in [6.07, 6.45) is 0.299. The zero-order valence-corrected chi connectivity index (χ0v) is 17.6. The van der Waals surface area contributed by atoms with Gasteiger partial charge in [0.25, 0.3) is 0 Å². The zero-order chi connectivity index (χ0) is 21.0. The Morgan fingerprint density at radius 3 is 1.32 bits per heavy atom. The lowest BCUT2D eigenvalue weighted by Gasteiger charge is -2.38. The molecule has 3 N–H and O–H groups in total. The minimum Gasteiger partial charge on any atom is -0.283 e. The highest BCUT2D eigenvalue weighted by molar-refractivity contribution is 5.65. The molecule has 0 aromatic heterocycles. The Labute approximate surface area is 184 Å². The van der Waals surface area contributed by atoms with Gasteiger partial charge < -0.3 is 0 Å². The lowest BCUT2D eigenvalue weighted by Crippen LogP contribution is -2.57. The fourth-order valence-electron chi connectivity index (χ4n) is 4.25. The Bertz CT molecular complexity index is 1050. The molecule has 1 fully saturated rings. The van der Waals surface area contributed by atoms with E-state index >= 15 is 0 Å². The van der Waals surface area contributed by atoms with E-state index in [1.807, 2.05) is 0 Å². The minimum absolute atomic E-state index is 0.0605. The van der Waals surface area contributed by atoms with Crippen LogP contribution in [0.15, 0.2) is 109 Å². The van der Waals surface area contributed by atoms with E-state index in [0.29, 0.717) is 0 Å². The van der Waals surface area contributed by atoms with Crippen LogP contribution in [-0.4, -0.2) is 6.17 Å². The van der Waals surface area contributed by atoms with E-state index in [-0.39, 0.29) is 18.5 Å². The average molecular weight is 406 g/mol. The molecule has 2 atom stereocenters. The van der Waals surface area contributed by atoms with Crippen LogP contribution in [0.25, 0.3) is 22.3 Å². The molecule has 0 saturated carbocycles. The third kappa shape index (κ3) is 4.44. The zero-order valence-electron chi connectivity index (χ0n) is 17.6. The molecule has 0 spiro atoms. The van der Waals surface area contributed by atoms with E-state index in [0.717, 1.165) is 0 Å². The topological polar surface area (TPSA) is 36.1 Å². The van der Waals surface area contributed by atoms with Gasteiger partial charge >= 0.3 is 0 Å². The summed E-state index contributed by atoms with van der Waals surface area (Å²) in [6.45, 7) is 2.17. The second kappa shape index (κ2) is 8.86. The van der Waals surface area contributed by atoms with Crippen LogP contribution in [0.2, 0.25) is 0 Å². The van der Waals surface area contributed by atoms with Crippen molar-refractivity contribution in [2.24, 2.45) is 0 Å². The number of benzene rings is 4. The van der Waals surface area contributed by atoms with Gasteiger partial charge in [-0.2, -0.15) is 0 Å². The largest absolute Gasteiger partial charge is 0.283 e. The first-order valence-corrected chi connectivity index (χ1v) is 10.9. The van der Waals surface area contributed by atoms with E-state index in [1.165, 1.54) is 33.4 Å². The molecule has 0 amide bonds. The van der Waals surface area contributed by atoms with E-state index in [2.05, 4.69) is 132 Å². The molecular weight excluding hydrogens is 378 g/mol. The number of rotatable bonds is 4. The van der Waals surface area contributed by atoms with Crippen LogP contribution in [0.4, 0.5) is 0 Å². The lowest BCUT2D eigenvalue weighted by molar-refractivity contribution is 0.213. The first kappa shape index (κ1) is 19.7. The Morgan fingerprint density at radius 1 is 0.452 bits per heavy atom. The molecule has 4 aromatic carbocycles. The van der Waals surface area contributed by atoms with Gasteiger partial charge in [0.1, 0.15) is 0 Å². The molecule has 2 unspecified atom stereocenters. The Kier molecular flexibility index (Phi) is 5.63. The first-order chi connectivity index (χ1) is 15.3. The molecule has 0 bridgehead atoms. The van der Waals surface area contributed by atoms with Crippen molar-refractivity contribution in [3.8, 4) is 22.3 Å². The normalized spacial score (nSPS) is 21.0. The van der Waals surface area contributed by atoms with Gasteiger partial charge in [0, 0.05) is 0 Å². The highest BCUT2D eigenvalue weighted by Gasteiger charge is 2.26. The van der Waals surface area contributed by atoms with E-state index in [1.54, 1.807) is 0 Å². The summed E-state index contributed by atoms with van der Waals surface area (Å²) in [5, 5.41) is 11.0. The van der Waals surface area contributed by atoms with Gasteiger partial charge in [0.2, 0.25) is 0 Å². The fourth-order valence-corrected chi connectivity index (χ4v) is 4.25. The third-order valence-corrected chi connectivity index (χ3v) is 5.82. The SMILES string of the molecule is CC1NC(c2cccc(-c3ccccc3)c2)NC(c2cccc(-c3ccccc3)c2)N1. The van der Waals surface area contributed by atoms with Crippen molar-refractivity contribution in [2.75, 3.05) is 0 Å². The molecule has 1 aliphatic rings. The Hall–Kier alpha value is -3.24. The van der Waals surface area contributed by atoms with E-state index in [9.17, 15) is 0 Å². The van der Waals surface area contributed by atoms with Crippen LogP contribution in [0, 0.1) is 0 Å². The van der Waals surface area contributed by atoms with Crippen molar-refractivity contribution in [3.63, 3.8) is 0 Å². The summed E-state index contributed by atoms with van der Waals surface area (Å²) in [5.41, 5.74) is 7.40. The minimum atomic E-state index is 0.0605. The van der Waals surface area contributed by atoms with Crippen LogP contribution >= 0.6 is 0 Å². The van der Waals surface area contributed by atoms with E-state index < -0.39 is 0 Å². The van der Waals surface area contributed by atoms with Gasteiger partial charge in [-0.1, -0.05) is 97.1 Å². The molecule has 3 nitrogen and oxygen atoms in total. The standard InChI is InChI=1S/C28H27N3/c1-20-29-27(25-16-8-14-23(18-25)21-10-4-2-5-11-21)31-28(30-20)26-17-9-15-24(19-26)22-12-6-3-7-13-22/h2-20,27-31H,1H3. The molecule has 3 heteroatoms. The lowest BCUT2D eigenvalue weighted by atomic mass is 9.99. The number of nitrogens with one attached hydrogen (secondary N) is 3. The first-order valence-electron chi connectivity index (χ1n) is 10.9. The van der Waals surface area contributed by atoms with Crippen molar-refractivity contribution in [3.05, 3.63) is 120 Å². The maximum absolute atomic E-state index is 3.75. The quantitative estimate of drug-likeness (QED) is 0.399. The molecule has 31 heavy (non-hydrogen) atoms. The maximum atomic E-state index is 3.75. The third-order valence-electron chi connectivity index (χ3n) is 5.82. The van der Waals surface area contributed by atoms with Crippen molar-refractivity contribution < 1.29 is 0 Å². The van der Waals surface area contributed by atoms with Crippen LogP contribution in [-0.2, 0) is 0 Å². The summed E-state index contributed by atoms with van der Waals surface area (Å²) in [6, 6.07) is 38.6. The molecule has 1 saturated heterocycles. The van der Waals surface area contributed by atoms with Crippen molar-refractivity contribution in [1.82, 2.24) is 16.0 Å². The Balaban J connectivity index is 1.41. The molecule has 0 radical (unpaired) electrons.